The van der Waals surface area contributed by atoms with Gasteiger partial charge in [0.25, 0.3) is 0 Å². The Labute approximate surface area is 119 Å². The van der Waals surface area contributed by atoms with Gasteiger partial charge in [-0.15, -0.1) is 0 Å². The molecule has 0 atom stereocenters. The van der Waals surface area contributed by atoms with E-state index in [0.29, 0.717) is 26.4 Å². The van der Waals surface area contributed by atoms with E-state index in [9.17, 15) is 0 Å². The van der Waals surface area contributed by atoms with Gasteiger partial charge in [-0.05, 0) is 49.2 Å². The summed E-state index contributed by atoms with van der Waals surface area (Å²) in [5.74, 6) is 0. The second-order valence-corrected chi connectivity index (χ2v) is 4.37. The third kappa shape index (κ3) is 4.11. The van der Waals surface area contributed by atoms with Crippen LogP contribution >= 0.6 is 0 Å². The minimum atomic E-state index is 0.602. The molecule has 0 aliphatic carbocycles. The van der Waals surface area contributed by atoms with Crippen LogP contribution in [0, 0.1) is 0 Å². The lowest BCUT2D eigenvalue weighted by atomic mass is 10.1. The van der Waals surface area contributed by atoms with Gasteiger partial charge in [-0.1, -0.05) is 0 Å². The van der Waals surface area contributed by atoms with Gasteiger partial charge >= 0.3 is 0 Å². The molecule has 2 aromatic rings. The van der Waals surface area contributed by atoms with Crippen LogP contribution in [-0.4, -0.2) is 23.2 Å². The van der Waals surface area contributed by atoms with Gasteiger partial charge in [0.05, 0.1) is 24.6 Å². The van der Waals surface area contributed by atoms with Crippen LogP contribution in [0.3, 0.4) is 0 Å². The van der Waals surface area contributed by atoms with Crippen LogP contribution in [0.15, 0.2) is 36.7 Å². The van der Waals surface area contributed by atoms with Crippen LogP contribution in [0.5, 0.6) is 0 Å². The summed E-state index contributed by atoms with van der Waals surface area (Å²) in [4.78, 5) is 8.76. The van der Waals surface area contributed by atoms with Crippen LogP contribution in [-0.2, 0) is 22.7 Å². The van der Waals surface area contributed by atoms with Gasteiger partial charge in [-0.3, -0.25) is 9.97 Å². The molecule has 0 saturated carbocycles. The molecule has 0 spiro atoms. The van der Waals surface area contributed by atoms with Crippen molar-refractivity contribution in [1.29, 1.82) is 0 Å². The Balaban J connectivity index is 2.17. The Kier molecular flexibility index (Phi) is 5.65. The van der Waals surface area contributed by atoms with Crippen LogP contribution in [0.2, 0.25) is 0 Å². The predicted octanol–water partition coefficient (Wildman–Crippen LogP) is 3.22. The Hall–Kier alpha value is -1.78. The molecule has 0 saturated heterocycles. The zero-order chi connectivity index (χ0) is 14.2. The van der Waals surface area contributed by atoms with Crippen molar-refractivity contribution in [2.75, 3.05) is 13.2 Å². The monoisotopic (exact) mass is 272 g/mol. The Morgan fingerprint density at radius 2 is 1.25 bits per heavy atom. The first-order chi connectivity index (χ1) is 9.83. The maximum atomic E-state index is 5.42. The SMILES string of the molecule is CCOCc1ccnc(-c2cc(COCC)ccn2)c1. The van der Waals surface area contributed by atoms with E-state index in [0.717, 1.165) is 22.5 Å². The third-order valence-corrected chi connectivity index (χ3v) is 2.86. The second kappa shape index (κ2) is 7.72. The minimum Gasteiger partial charge on any atom is -0.377 e. The second-order valence-electron chi connectivity index (χ2n) is 4.37. The average molecular weight is 272 g/mol. The summed E-state index contributed by atoms with van der Waals surface area (Å²) in [6.45, 7) is 6.59. The molecule has 0 N–H and O–H groups in total. The molecule has 2 aromatic heterocycles. The maximum Gasteiger partial charge on any atom is 0.0889 e. The molecule has 0 aliphatic heterocycles. The molecule has 2 rings (SSSR count). The highest BCUT2D eigenvalue weighted by Gasteiger charge is 2.04. The zero-order valence-electron chi connectivity index (χ0n) is 12.0. The summed E-state index contributed by atoms with van der Waals surface area (Å²) in [5, 5.41) is 0. The first kappa shape index (κ1) is 14.6. The Bertz CT molecular complexity index is 494. The fourth-order valence-corrected chi connectivity index (χ4v) is 1.85. The van der Waals surface area contributed by atoms with Gasteiger partial charge in [-0.2, -0.15) is 0 Å². The van der Waals surface area contributed by atoms with Crippen molar-refractivity contribution in [1.82, 2.24) is 9.97 Å². The van der Waals surface area contributed by atoms with Crippen LogP contribution in [0.4, 0.5) is 0 Å². The molecule has 0 amide bonds. The van der Waals surface area contributed by atoms with Crippen LogP contribution in [0.1, 0.15) is 25.0 Å². The zero-order valence-corrected chi connectivity index (χ0v) is 12.0. The fourth-order valence-electron chi connectivity index (χ4n) is 1.85. The van der Waals surface area contributed by atoms with Crippen molar-refractivity contribution in [2.24, 2.45) is 0 Å². The number of nitrogens with zero attached hydrogens (tertiary/aromatic N) is 2. The Morgan fingerprint density at radius 3 is 1.65 bits per heavy atom. The third-order valence-electron chi connectivity index (χ3n) is 2.86. The standard InChI is InChI=1S/C16H20N2O2/c1-3-19-11-13-5-7-17-15(9-13)16-10-14(6-8-18-16)12-20-4-2/h5-10H,3-4,11-12H2,1-2H3. The number of aromatic nitrogens is 2. The summed E-state index contributed by atoms with van der Waals surface area (Å²) >= 11 is 0. The average Bonchev–Trinajstić information content (AvgIpc) is 2.51. The van der Waals surface area contributed by atoms with E-state index in [1.165, 1.54) is 0 Å². The van der Waals surface area contributed by atoms with Gasteiger partial charge < -0.3 is 9.47 Å². The summed E-state index contributed by atoms with van der Waals surface area (Å²) in [6, 6.07) is 7.96. The van der Waals surface area contributed by atoms with Crippen molar-refractivity contribution < 1.29 is 9.47 Å². The van der Waals surface area contributed by atoms with E-state index in [1.807, 2.05) is 38.1 Å². The van der Waals surface area contributed by atoms with Crippen molar-refractivity contribution in [2.45, 2.75) is 27.1 Å². The molecule has 4 nitrogen and oxygen atoms in total. The molecule has 0 aliphatic rings. The predicted molar refractivity (Wildman–Crippen MR) is 78.1 cm³/mol. The van der Waals surface area contributed by atoms with E-state index in [4.69, 9.17) is 9.47 Å². The van der Waals surface area contributed by atoms with Crippen molar-refractivity contribution >= 4 is 0 Å². The molecular formula is C16H20N2O2. The molecule has 0 fully saturated rings. The van der Waals surface area contributed by atoms with E-state index >= 15 is 0 Å². The fraction of sp³-hybridized carbons (Fsp3) is 0.375. The molecule has 2 heterocycles. The highest BCUT2D eigenvalue weighted by molar-refractivity contribution is 5.55. The van der Waals surface area contributed by atoms with Gasteiger partial charge in [0, 0.05) is 25.6 Å². The van der Waals surface area contributed by atoms with Crippen molar-refractivity contribution in [3.05, 3.63) is 47.8 Å². The number of hydrogen-bond donors (Lipinski definition) is 0. The van der Waals surface area contributed by atoms with Crippen molar-refractivity contribution in [3.63, 3.8) is 0 Å². The molecule has 106 valence electrons. The number of ether oxygens (including phenoxy) is 2. The van der Waals surface area contributed by atoms with Gasteiger partial charge in [0.1, 0.15) is 0 Å². The maximum absolute atomic E-state index is 5.42. The topological polar surface area (TPSA) is 44.2 Å². The number of rotatable bonds is 7. The molecule has 4 heteroatoms. The lowest BCUT2D eigenvalue weighted by Crippen LogP contribution is -1.96. The summed E-state index contributed by atoms with van der Waals surface area (Å²) in [7, 11) is 0. The molecule has 0 aromatic carbocycles. The molecule has 0 bridgehead atoms. The van der Waals surface area contributed by atoms with E-state index in [1.54, 1.807) is 12.4 Å². The normalized spacial score (nSPS) is 10.7. The Morgan fingerprint density at radius 1 is 0.800 bits per heavy atom. The summed E-state index contributed by atoms with van der Waals surface area (Å²) < 4.78 is 10.8. The van der Waals surface area contributed by atoms with Gasteiger partial charge in [0.2, 0.25) is 0 Å². The first-order valence-electron chi connectivity index (χ1n) is 6.89. The van der Waals surface area contributed by atoms with Crippen LogP contribution < -0.4 is 0 Å². The smallest absolute Gasteiger partial charge is 0.0889 e. The van der Waals surface area contributed by atoms with Gasteiger partial charge in [0.15, 0.2) is 0 Å². The highest BCUT2D eigenvalue weighted by atomic mass is 16.5. The highest BCUT2D eigenvalue weighted by Crippen LogP contribution is 2.17. The number of hydrogen-bond acceptors (Lipinski definition) is 4. The lowest BCUT2D eigenvalue weighted by molar-refractivity contribution is 0.134. The molecule has 0 radical (unpaired) electrons. The lowest BCUT2D eigenvalue weighted by Gasteiger charge is -2.06. The summed E-state index contributed by atoms with van der Waals surface area (Å²) in [6.07, 6.45) is 3.58. The minimum absolute atomic E-state index is 0.602. The molecule has 0 unspecified atom stereocenters. The van der Waals surface area contributed by atoms with Crippen molar-refractivity contribution in [3.8, 4) is 11.4 Å². The number of pyridine rings is 2. The molecular weight excluding hydrogens is 252 g/mol. The van der Waals surface area contributed by atoms with E-state index < -0.39 is 0 Å². The first-order valence-corrected chi connectivity index (χ1v) is 6.89. The largest absolute Gasteiger partial charge is 0.377 e. The molecule has 20 heavy (non-hydrogen) atoms. The summed E-state index contributed by atoms with van der Waals surface area (Å²) in [5.41, 5.74) is 3.93. The van der Waals surface area contributed by atoms with E-state index in [-0.39, 0.29) is 0 Å². The van der Waals surface area contributed by atoms with E-state index in [2.05, 4.69) is 9.97 Å². The van der Waals surface area contributed by atoms with Crippen LogP contribution in [0.25, 0.3) is 11.4 Å². The van der Waals surface area contributed by atoms with Gasteiger partial charge in [-0.25, -0.2) is 0 Å². The quantitative estimate of drug-likeness (QED) is 0.776.